The third-order valence-corrected chi connectivity index (χ3v) is 3.17. The fourth-order valence-corrected chi connectivity index (χ4v) is 2.29. The zero-order chi connectivity index (χ0) is 9.97. The first-order valence-corrected chi connectivity index (χ1v) is 5.61. The minimum absolute atomic E-state index is 0.669. The monoisotopic (exact) mass is 190 g/mol. The van der Waals surface area contributed by atoms with Gasteiger partial charge in [0, 0.05) is 6.42 Å². The van der Waals surface area contributed by atoms with Crippen LogP contribution in [0.5, 0.6) is 5.75 Å². The summed E-state index contributed by atoms with van der Waals surface area (Å²) in [4.78, 5) is 0. The van der Waals surface area contributed by atoms with E-state index in [2.05, 4.69) is 32.0 Å². The lowest BCUT2D eigenvalue weighted by Crippen LogP contribution is -1.98. The Morgan fingerprint density at radius 1 is 1.29 bits per heavy atom. The molecule has 1 heteroatoms. The van der Waals surface area contributed by atoms with Crippen molar-refractivity contribution in [2.24, 2.45) is 0 Å². The normalized spacial score (nSPS) is 14.2. The number of rotatable bonds is 3. The highest BCUT2D eigenvalue weighted by Crippen LogP contribution is 2.36. The molecule has 1 aliphatic rings. The second-order valence-corrected chi connectivity index (χ2v) is 3.95. The second kappa shape index (κ2) is 4.04. The van der Waals surface area contributed by atoms with Gasteiger partial charge in [-0.25, -0.2) is 0 Å². The quantitative estimate of drug-likeness (QED) is 0.708. The zero-order valence-electron chi connectivity index (χ0n) is 9.05. The van der Waals surface area contributed by atoms with Crippen molar-refractivity contribution in [2.45, 2.75) is 39.0 Å². The number of fused-ring (bicyclic) bond motifs is 1. The summed E-state index contributed by atoms with van der Waals surface area (Å²) >= 11 is 0. The summed E-state index contributed by atoms with van der Waals surface area (Å²) in [6.45, 7) is 5.37. The van der Waals surface area contributed by atoms with Gasteiger partial charge < -0.3 is 4.74 Å². The van der Waals surface area contributed by atoms with Crippen LogP contribution >= 0.6 is 0 Å². The van der Waals surface area contributed by atoms with Gasteiger partial charge in [-0.2, -0.15) is 0 Å². The molecule has 0 aromatic heterocycles. The lowest BCUT2D eigenvalue weighted by molar-refractivity contribution is 0.350. The summed E-state index contributed by atoms with van der Waals surface area (Å²) < 4.78 is 5.71. The molecule has 1 aromatic carbocycles. The highest BCUT2D eigenvalue weighted by molar-refractivity contribution is 5.45. The Balaban J connectivity index is 2.38. The third-order valence-electron chi connectivity index (χ3n) is 3.17. The van der Waals surface area contributed by atoms with Gasteiger partial charge in [0.2, 0.25) is 0 Å². The highest BCUT2D eigenvalue weighted by Gasteiger charge is 2.19. The van der Waals surface area contributed by atoms with Crippen molar-refractivity contribution >= 4 is 0 Å². The Kier molecular flexibility index (Phi) is 2.76. The molecule has 0 N–H and O–H groups in total. The van der Waals surface area contributed by atoms with Crippen LogP contribution in [0.1, 0.15) is 43.7 Å². The summed E-state index contributed by atoms with van der Waals surface area (Å²) in [6.07, 6.45) is 3.50. The number of ether oxygens (including phenoxy) is 1. The van der Waals surface area contributed by atoms with Crippen molar-refractivity contribution in [3.63, 3.8) is 0 Å². The predicted octanol–water partition coefficient (Wildman–Crippen LogP) is 3.53. The van der Waals surface area contributed by atoms with Gasteiger partial charge in [-0.05, 0) is 29.9 Å². The van der Waals surface area contributed by atoms with Crippen LogP contribution < -0.4 is 4.74 Å². The summed E-state index contributed by atoms with van der Waals surface area (Å²) in [5.74, 6) is 1.85. The molecule has 0 spiro atoms. The first-order chi connectivity index (χ1) is 6.86. The van der Waals surface area contributed by atoms with E-state index in [1.807, 2.05) is 0 Å². The molecular formula is C13H18O. The fraction of sp³-hybridized carbons (Fsp3) is 0.538. The molecule has 14 heavy (non-hydrogen) atoms. The SMILES string of the molecule is CCC(CC)c1cccc2c1OCC2. The van der Waals surface area contributed by atoms with Crippen LogP contribution in [0.3, 0.4) is 0 Å². The minimum Gasteiger partial charge on any atom is -0.493 e. The molecule has 76 valence electrons. The maximum absolute atomic E-state index is 5.71. The molecule has 1 aliphatic heterocycles. The standard InChI is InChI=1S/C13H18O/c1-3-10(4-2)12-7-5-6-11-8-9-14-13(11)12/h5-7,10H,3-4,8-9H2,1-2H3. The van der Waals surface area contributed by atoms with E-state index in [0.717, 1.165) is 13.0 Å². The van der Waals surface area contributed by atoms with Crippen molar-refractivity contribution in [1.29, 1.82) is 0 Å². The summed E-state index contributed by atoms with van der Waals surface area (Å²) in [6, 6.07) is 6.58. The van der Waals surface area contributed by atoms with Crippen LogP contribution in [-0.4, -0.2) is 6.61 Å². The van der Waals surface area contributed by atoms with Crippen molar-refractivity contribution in [3.05, 3.63) is 29.3 Å². The molecule has 0 saturated heterocycles. The Morgan fingerprint density at radius 3 is 2.79 bits per heavy atom. The summed E-state index contributed by atoms with van der Waals surface area (Å²) in [5, 5.41) is 0. The van der Waals surface area contributed by atoms with Crippen LogP contribution in [0.15, 0.2) is 18.2 Å². The topological polar surface area (TPSA) is 9.23 Å². The molecule has 0 unspecified atom stereocenters. The van der Waals surface area contributed by atoms with E-state index in [9.17, 15) is 0 Å². The van der Waals surface area contributed by atoms with Gasteiger partial charge in [0.25, 0.3) is 0 Å². The van der Waals surface area contributed by atoms with Gasteiger partial charge in [0.05, 0.1) is 6.61 Å². The van der Waals surface area contributed by atoms with Crippen LogP contribution in [0.25, 0.3) is 0 Å². The van der Waals surface area contributed by atoms with E-state index in [0.29, 0.717) is 5.92 Å². The lowest BCUT2D eigenvalue weighted by Gasteiger charge is -2.16. The second-order valence-electron chi connectivity index (χ2n) is 3.95. The van der Waals surface area contributed by atoms with Crippen molar-refractivity contribution in [2.75, 3.05) is 6.61 Å². The van der Waals surface area contributed by atoms with Gasteiger partial charge in [-0.3, -0.25) is 0 Å². The molecule has 0 aliphatic carbocycles. The van der Waals surface area contributed by atoms with Gasteiger partial charge in [-0.1, -0.05) is 32.0 Å². The van der Waals surface area contributed by atoms with E-state index in [4.69, 9.17) is 4.74 Å². The first-order valence-electron chi connectivity index (χ1n) is 5.61. The Hall–Kier alpha value is -0.980. The van der Waals surface area contributed by atoms with Crippen LogP contribution in [0.4, 0.5) is 0 Å². The third kappa shape index (κ3) is 1.52. The molecule has 0 atom stereocenters. The molecule has 0 fully saturated rings. The maximum Gasteiger partial charge on any atom is 0.126 e. The molecule has 2 rings (SSSR count). The van der Waals surface area contributed by atoms with Gasteiger partial charge in [0.15, 0.2) is 0 Å². The molecule has 1 aromatic rings. The zero-order valence-corrected chi connectivity index (χ0v) is 9.05. The molecule has 0 saturated carbocycles. The molecule has 1 nitrogen and oxygen atoms in total. The number of para-hydroxylation sites is 1. The van der Waals surface area contributed by atoms with Crippen molar-refractivity contribution in [3.8, 4) is 5.75 Å². The average Bonchev–Trinajstić information content (AvgIpc) is 2.68. The Bertz CT molecular complexity index is 313. The fourth-order valence-electron chi connectivity index (χ4n) is 2.29. The van der Waals surface area contributed by atoms with E-state index >= 15 is 0 Å². The lowest BCUT2D eigenvalue weighted by atomic mass is 9.92. The van der Waals surface area contributed by atoms with Gasteiger partial charge in [0.1, 0.15) is 5.75 Å². The van der Waals surface area contributed by atoms with Gasteiger partial charge in [-0.15, -0.1) is 0 Å². The largest absolute Gasteiger partial charge is 0.493 e. The van der Waals surface area contributed by atoms with Crippen molar-refractivity contribution in [1.82, 2.24) is 0 Å². The van der Waals surface area contributed by atoms with Crippen LogP contribution in [0, 0.1) is 0 Å². The average molecular weight is 190 g/mol. The van der Waals surface area contributed by atoms with Crippen LogP contribution in [-0.2, 0) is 6.42 Å². The molecule has 0 amide bonds. The first kappa shape index (κ1) is 9.57. The summed E-state index contributed by atoms with van der Waals surface area (Å²) in [5.41, 5.74) is 2.82. The van der Waals surface area contributed by atoms with E-state index in [1.54, 1.807) is 0 Å². The maximum atomic E-state index is 5.71. The number of hydrogen-bond donors (Lipinski definition) is 0. The van der Waals surface area contributed by atoms with Crippen LogP contribution in [0.2, 0.25) is 0 Å². The molecular weight excluding hydrogens is 172 g/mol. The predicted molar refractivity (Wildman–Crippen MR) is 59.0 cm³/mol. The van der Waals surface area contributed by atoms with E-state index in [-0.39, 0.29) is 0 Å². The summed E-state index contributed by atoms with van der Waals surface area (Å²) in [7, 11) is 0. The molecule has 1 heterocycles. The molecule has 0 radical (unpaired) electrons. The Morgan fingerprint density at radius 2 is 2.07 bits per heavy atom. The highest BCUT2D eigenvalue weighted by atomic mass is 16.5. The van der Waals surface area contributed by atoms with E-state index in [1.165, 1.54) is 29.7 Å². The van der Waals surface area contributed by atoms with Crippen molar-refractivity contribution < 1.29 is 4.74 Å². The van der Waals surface area contributed by atoms with E-state index < -0.39 is 0 Å². The Labute approximate surface area is 86.1 Å². The minimum atomic E-state index is 0.669. The number of hydrogen-bond acceptors (Lipinski definition) is 1. The van der Waals surface area contributed by atoms with Gasteiger partial charge >= 0.3 is 0 Å². The smallest absolute Gasteiger partial charge is 0.126 e. The molecule has 0 bridgehead atoms. The number of benzene rings is 1.